The van der Waals surface area contributed by atoms with Crippen LogP contribution < -0.4 is 14.8 Å². The van der Waals surface area contributed by atoms with Crippen molar-refractivity contribution in [3.05, 3.63) is 24.3 Å². The van der Waals surface area contributed by atoms with Crippen LogP contribution in [0.15, 0.2) is 24.3 Å². The van der Waals surface area contributed by atoms with E-state index in [0.717, 1.165) is 0 Å². The first-order valence-corrected chi connectivity index (χ1v) is 6.11. The van der Waals surface area contributed by atoms with E-state index >= 15 is 0 Å². The van der Waals surface area contributed by atoms with E-state index in [1.807, 2.05) is 45.9 Å². The van der Waals surface area contributed by atoms with E-state index in [-0.39, 0.29) is 17.6 Å². The number of hydrogen-bond donors (Lipinski definition) is 1. The molecule has 0 bridgehead atoms. The van der Waals surface area contributed by atoms with Gasteiger partial charge in [-0.25, -0.2) is 0 Å². The molecule has 0 saturated heterocycles. The van der Waals surface area contributed by atoms with E-state index < -0.39 is 6.10 Å². The molecule has 1 aromatic rings. The topological polar surface area (TPSA) is 47.6 Å². The van der Waals surface area contributed by atoms with Gasteiger partial charge in [0.15, 0.2) is 11.5 Å². The number of ether oxygens (including phenoxy) is 2. The van der Waals surface area contributed by atoms with E-state index in [4.69, 9.17) is 9.47 Å². The zero-order valence-electron chi connectivity index (χ0n) is 11.2. The van der Waals surface area contributed by atoms with Gasteiger partial charge in [-0.1, -0.05) is 12.1 Å². The summed E-state index contributed by atoms with van der Waals surface area (Å²) in [5.74, 6) is 1.15. The van der Waals surface area contributed by atoms with Crippen LogP contribution >= 0.6 is 0 Å². The Bertz CT molecular complexity index is 451. The molecule has 18 heavy (non-hydrogen) atoms. The number of rotatable bonds is 1. The molecule has 0 aliphatic carbocycles. The second kappa shape index (κ2) is 4.52. The highest BCUT2D eigenvalue weighted by atomic mass is 16.6. The first kappa shape index (κ1) is 12.7. The van der Waals surface area contributed by atoms with Crippen LogP contribution in [0.5, 0.6) is 11.5 Å². The third kappa shape index (κ3) is 2.75. The third-order valence-corrected chi connectivity index (χ3v) is 2.60. The van der Waals surface area contributed by atoms with Gasteiger partial charge in [-0.15, -0.1) is 0 Å². The molecule has 2 atom stereocenters. The lowest BCUT2D eigenvalue weighted by molar-refractivity contribution is -0.134. The number of para-hydroxylation sites is 2. The fourth-order valence-corrected chi connectivity index (χ4v) is 1.85. The maximum absolute atomic E-state index is 12.1. The van der Waals surface area contributed by atoms with Gasteiger partial charge >= 0.3 is 0 Å². The van der Waals surface area contributed by atoms with Crippen molar-refractivity contribution < 1.29 is 14.3 Å². The van der Waals surface area contributed by atoms with Crippen molar-refractivity contribution in [2.75, 3.05) is 0 Å². The minimum atomic E-state index is -0.612. The zero-order chi connectivity index (χ0) is 13.3. The Hall–Kier alpha value is -1.71. The van der Waals surface area contributed by atoms with Gasteiger partial charge in [0.2, 0.25) is 6.10 Å². The second-order valence-electron chi connectivity index (χ2n) is 5.55. The molecule has 1 heterocycles. The van der Waals surface area contributed by atoms with Gasteiger partial charge in [-0.3, -0.25) is 4.79 Å². The molecule has 98 valence electrons. The summed E-state index contributed by atoms with van der Waals surface area (Å²) in [5, 5.41) is 2.91. The number of fused-ring (bicyclic) bond motifs is 1. The van der Waals surface area contributed by atoms with Crippen molar-refractivity contribution in [2.24, 2.45) is 0 Å². The Balaban J connectivity index is 2.14. The lowest BCUT2D eigenvalue weighted by Crippen LogP contribution is -2.53. The minimum absolute atomic E-state index is 0.149. The highest BCUT2D eigenvalue weighted by Gasteiger charge is 2.35. The van der Waals surface area contributed by atoms with Crippen molar-refractivity contribution >= 4 is 5.91 Å². The maximum Gasteiger partial charge on any atom is 0.265 e. The number of carbonyl (C=O) groups is 1. The molecule has 0 aromatic heterocycles. The fraction of sp³-hybridized carbons (Fsp3) is 0.500. The van der Waals surface area contributed by atoms with E-state index in [1.165, 1.54) is 0 Å². The predicted octanol–water partition coefficient (Wildman–Crippen LogP) is 2.13. The summed E-state index contributed by atoms with van der Waals surface area (Å²) in [5.41, 5.74) is -0.281. The SMILES string of the molecule is CC1Oc2ccccc2OC1C(=O)NC(C)(C)C. The molecule has 1 aromatic carbocycles. The smallest absolute Gasteiger partial charge is 0.265 e. The Kier molecular flexibility index (Phi) is 3.20. The lowest BCUT2D eigenvalue weighted by atomic mass is 10.1. The predicted molar refractivity (Wildman–Crippen MR) is 68.8 cm³/mol. The van der Waals surface area contributed by atoms with Crippen molar-refractivity contribution in [3.63, 3.8) is 0 Å². The minimum Gasteiger partial charge on any atom is -0.482 e. The van der Waals surface area contributed by atoms with Crippen molar-refractivity contribution in [3.8, 4) is 11.5 Å². The number of hydrogen-bond acceptors (Lipinski definition) is 3. The van der Waals surface area contributed by atoms with Gasteiger partial charge < -0.3 is 14.8 Å². The maximum atomic E-state index is 12.1. The third-order valence-electron chi connectivity index (χ3n) is 2.60. The van der Waals surface area contributed by atoms with Crippen LogP contribution in [0.2, 0.25) is 0 Å². The zero-order valence-corrected chi connectivity index (χ0v) is 11.2. The van der Waals surface area contributed by atoms with Crippen molar-refractivity contribution in [2.45, 2.75) is 45.4 Å². The quantitative estimate of drug-likeness (QED) is 0.829. The molecule has 0 saturated carbocycles. The number of benzene rings is 1. The van der Waals surface area contributed by atoms with Crippen LogP contribution in [0.3, 0.4) is 0 Å². The molecule has 0 fully saturated rings. The lowest BCUT2D eigenvalue weighted by Gasteiger charge is -2.33. The van der Waals surface area contributed by atoms with Crippen LogP contribution in [-0.2, 0) is 4.79 Å². The molecule has 1 amide bonds. The molecule has 0 spiro atoms. The average Bonchev–Trinajstić information content (AvgIpc) is 2.25. The summed E-state index contributed by atoms with van der Waals surface area (Å²) in [6, 6.07) is 7.38. The standard InChI is InChI=1S/C14H19NO3/c1-9-12(13(16)15-14(2,3)4)18-11-8-6-5-7-10(11)17-9/h5-9,12H,1-4H3,(H,15,16). The fourth-order valence-electron chi connectivity index (χ4n) is 1.85. The van der Waals surface area contributed by atoms with Gasteiger partial charge in [-0.2, -0.15) is 0 Å². The molecule has 1 N–H and O–H groups in total. The molecule has 1 aliphatic rings. The van der Waals surface area contributed by atoms with Crippen LogP contribution in [0.4, 0.5) is 0 Å². The van der Waals surface area contributed by atoms with Gasteiger partial charge in [0.1, 0.15) is 6.10 Å². The Morgan fingerprint density at radius 3 is 2.28 bits per heavy atom. The number of nitrogens with one attached hydrogen (secondary N) is 1. The van der Waals surface area contributed by atoms with E-state index in [9.17, 15) is 4.79 Å². The van der Waals surface area contributed by atoms with Crippen LogP contribution in [-0.4, -0.2) is 23.7 Å². The summed E-state index contributed by atoms with van der Waals surface area (Å²) in [4.78, 5) is 12.1. The monoisotopic (exact) mass is 249 g/mol. The first-order chi connectivity index (χ1) is 8.37. The highest BCUT2D eigenvalue weighted by molar-refractivity contribution is 5.82. The van der Waals surface area contributed by atoms with Crippen LogP contribution in [0.25, 0.3) is 0 Å². The summed E-state index contributed by atoms with van der Waals surface area (Å²) in [7, 11) is 0. The van der Waals surface area contributed by atoms with E-state index in [2.05, 4.69) is 5.32 Å². The number of amides is 1. The normalized spacial score (nSPS) is 22.4. The number of carbonyl (C=O) groups excluding carboxylic acids is 1. The molecule has 0 radical (unpaired) electrons. The average molecular weight is 249 g/mol. The summed E-state index contributed by atoms with van der Waals surface area (Å²) in [6.45, 7) is 7.65. The first-order valence-electron chi connectivity index (χ1n) is 6.11. The highest BCUT2D eigenvalue weighted by Crippen LogP contribution is 2.33. The molecular weight excluding hydrogens is 230 g/mol. The molecular formula is C14H19NO3. The Morgan fingerprint density at radius 1 is 1.17 bits per heavy atom. The van der Waals surface area contributed by atoms with Gasteiger partial charge in [0.25, 0.3) is 5.91 Å². The molecule has 4 heteroatoms. The second-order valence-corrected chi connectivity index (χ2v) is 5.55. The van der Waals surface area contributed by atoms with Gasteiger partial charge in [0.05, 0.1) is 0 Å². The van der Waals surface area contributed by atoms with E-state index in [0.29, 0.717) is 11.5 Å². The van der Waals surface area contributed by atoms with Gasteiger partial charge in [-0.05, 0) is 39.8 Å². The molecule has 4 nitrogen and oxygen atoms in total. The Morgan fingerprint density at radius 2 is 1.72 bits per heavy atom. The Labute approximate surface area is 107 Å². The van der Waals surface area contributed by atoms with Crippen molar-refractivity contribution in [1.82, 2.24) is 5.32 Å². The summed E-state index contributed by atoms with van der Waals surface area (Å²) in [6.07, 6.45) is -0.915. The molecule has 2 unspecified atom stereocenters. The largest absolute Gasteiger partial charge is 0.482 e. The van der Waals surface area contributed by atoms with Gasteiger partial charge in [0, 0.05) is 5.54 Å². The molecule has 2 rings (SSSR count). The van der Waals surface area contributed by atoms with Crippen molar-refractivity contribution in [1.29, 1.82) is 0 Å². The van der Waals surface area contributed by atoms with Crippen LogP contribution in [0.1, 0.15) is 27.7 Å². The summed E-state index contributed by atoms with van der Waals surface area (Å²) < 4.78 is 11.4. The summed E-state index contributed by atoms with van der Waals surface area (Å²) >= 11 is 0. The molecule has 1 aliphatic heterocycles. The van der Waals surface area contributed by atoms with E-state index in [1.54, 1.807) is 6.07 Å². The van der Waals surface area contributed by atoms with Crippen LogP contribution in [0, 0.1) is 0 Å².